The van der Waals surface area contributed by atoms with Crippen molar-refractivity contribution < 1.29 is 5.11 Å². The monoisotopic (exact) mass is 302 g/mol. The van der Waals surface area contributed by atoms with Crippen LogP contribution in [0.15, 0.2) is 27.9 Å². The number of anilines is 1. The number of nitrogens with one attached hydrogen (secondary N) is 1. The average Bonchev–Trinajstić information content (AvgIpc) is 2.38. The fraction of sp³-hybridized carbons (Fsp3) is 0.0833. The minimum absolute atomic E-state index is 0.0707. The van der Waals surface area contributed by atoms with Crippen molar-refractivity contribution in [3.05, 3.63) is 33.4 Å². The van der Waals surface area contributed by atoms with E-state index in [1.165, 1.54) is 6.07 Å². The van der Waals surface area contributed by atoms with Gasteiger partial charge < -0.3 is 10.4 Å². The lowest BCUT2D eigenvalue weighted by atomic mass is 10.1. The molecule has 0 fully saturated rings. The quantitative estimate of drug-likeness (QED) is 0.645. The Morgan fingerprint density at radius 1 is 1.22 bits per heavy atom. The van der Waals surface area contributed by atoms with Crippen LogP contribution in [0.1, 0.15) is 5.56 Å². The van der Waals surface area contributed by atoms with E-state index in [4.69, 9.17) is 15.8 Å². The standard InChI is InChI=1S/C12H7BrN4O/c1-7-9(13)2-3-11(18)12(7)17-10(6-16)8(4-14)5-15/h2-3,17-18H,1H3. The largest absolute Gasteiger partial charge is 0.506 e. The molecule has 1 rings (SSSR count). The zero-order chi connectivity index (χ0) is 13.7. The minimum atomic E-state index is -0.337. The molecule has 0 aliphatic carbocycles. The number of halogens is 1. The number of phenolic OH excluding ortho intramolecular Hbond substituents is 1. The number of allylic oxidation sites excluding steroid dienone is 2. The van der Waals surface area contributed by atoms with Gasteiger partial charge in [0.15, 0.2) is 5.57 Å². The maximum atomic E-state index is 9.71. The summed E-state index contributed by atoms with van der Waals surface area (Å²) in [6.07, 6.45) is 0. The molecule has 0 spiro atoms. The number of aromatic hydroxyl groups is 1. The van der Waals surface area contributed by atoms with E-state index in [0.717, 1.165) is 4.47 Å². The van der Waals surface area contributed by atoms with E-state index in [9.17, 15) is 5.11 Å². The first-order valence-electron chi connectivity index (χ1n) is 4.74. The molecule has 88 valence electrons. The summed E-state index contributed by atoms with van der Waals surface area (Å²) in [4.78, 5) is 0. The molecule has 0 heterocycles. The van der Waals surface area contributed by atoms with Gasteiger partial charge in [-0.05, 0) is 24.6 Å². The first kappa shape index (κ1) is 13.6. The van der Waals surface area contributed by atoms with Gasteiger partial charge in [-0.15, -0.1) is 0 Å². The SMILES string of the molecule is Cc1c(Br)ccc(O)c1NC(C#N)=C(C#N)C#N. The van der Waals surface area contributed by atoms with E-state index in [-0.39, 0.29) is 22.7 Å². The van der Waals surface area contributed by atoms with E-state index in [2.05, 4.69) is 21.2 Å². The summed E-state index contributed by atoms with van der Waals surface area (Å²) in [5.41, 5.74) is 0.412. The highest BCUT2D eigenvalue weighted by Crippen LogP contribution is 2.33. The van der Waals surface area contributed by atoms with Gasteiger partial charge in [-0.1, -0.05) is 15.9 Å². The van der Waals surface area contributed by atoms with Crippen LogP contribution in [-0.4, -0.2) is 5.11 Å². The normalized spacial score (nSPS) is 8.61. The summed E-state index contributed by atoms with van der Waals surface area (Å²) in [7, 11) is 0. The number of phenols is 1. The second kappa shape index (κ2) is 5.72. The number of benzene rings is 1. The molecule has 5 nitrogen and oxygen atoms in total. The van der Waals surface area contributed by atoms with Crippen molar-refractivity contribution in [3.63, 3.8) is 0 Å². The molecule has 0 radical (unpaired) electrons. The van der Waals surface area contributed by atoms with Crippen LogP contribution in [0.2, 0.25) is 0 Å². The number of hydrogen-bond acceptors (Lipinski definition) is 5. The molecule has 0 saturated carbocycles. The molecule has 0 saturated heterocycles. The van der Waals surface area contributed by atoms with Crippen LogP contribution >= 0.6 is 15.9 Å². The zero-order valence-corrected chi connectivity index (χ0v) is 10.9. The summed E-state index contributed by atoms with van der Waals surface area (Å²) in [5, 5.41) is 38.6. The lowest BCUT2D eigenvalue weighted by molar-refractivity contribution is 0.477. The van der Waals surface area contributed by atoms with E-state index < -0.39 is 0 Å². The highest BCUT2D eigenvalue weighted by atomic mass is 79.9. The summed E-state index contributed by atoms with van der Waals surface area (Å²) in [5.74, 6) is -0.0707. The van der Waals surface area contributed by atoms with Crippen LogP contribution in [0.3, 0.4) is 0 Å². The van der Waals surface area contributed by atoms with Gasteiger partial charge in [0.2, 0.25) is 0 Å². The molecule has 2 N–H and O–H groups in total. The fourth-order valence-electron chi connectivity index (χ4n) is 1.24. The molecule has 6 heteroatoms. The summed E-state index contributed by atoms with van der Waals surface area (Å²) < 4.78 is 0.732. The first-order chi connectivity index (χ1) is 8.54. The number of nitrogens with zero attached hydrogens (tertiary/aromatic N) is 3. The van der Waals surface area contributed by atoms with Crippen molar-refractivity contribution in [2.75, 3.05) is 5.32 Å². The Hall–Kier alpha value is -2.49. The first-order valence-corrected chi connectivity index (χ1v) is 5.54. The third-order valence-electron chi connectivity index (χ3n) is 2.21. The summed E-state index contributed by atoms with van der Waals surface area (Å²) in [6.45, 7) is 1.72. The van der Waals surface area contributed by atoms with Crippen LogP contribution in [0.5, 0.6) is 5.75 Å². The van der Waals surface area contributed by atoms with Gasteiger partial charge in [-0.25, -0.2) is 0 Å². The van der Waals surface area contributed by atoms with Crippen LogP contribution < -0.4 is 5.32 Å². The molecular weight excluding hydrogens is 296 g/mol. The molecule has 0 aliphatic heterocycles. The minimum Gasteiger partial charge on any atom is -0.506 e. The van der Waals surface area contributed by atoms with Gasteiger partial charge in [0.25, 0.3) is 0 Å². The highest BCUT2D eigenvalue weighted by molar-refractivity contribution is 9.10. The molecule has 0 aromatic heterocycles. The second-order valence-electron chi connectivity index (χ2n) is 3.28. The van der Waals surface area contributed by atoms with E-state index in [1.54, 1.807) is 31.2 Å². The second-order valence-corrected chi connectivity index (χ2v) is 4.13. The summed E-state index contributed by atoms with van der Waals surface area (Å²) in [6, 6.07) is 8.05. The highest BCUT2D eigenvalue weighted by Gasteiger charge is 2.12. The van der Waals surface area contributed by atoms with Crippen molar-refractivity contribution >= 4 is 21.6 Å². The maximum absolute atomic E-state index is 9.71. The number of nitriles is 3. The predicted octanol–water partition coefficient (Wildman–Crippen LogP) is 2.70. The van der Waals surface area contributed by atoms with Crippen molar-refractivity contribution in [3.8, 4) is 24.0 Å². The molecule has 0 amide bonds. The van der Waals surface area contributed by atoms with Crippen molar-refractivity contribution in [1.82, 2.24) is 0 Å². The van der Waals surface area contributed by atoms with Gasteiger partial charge in [0.05, 0.1) is 5.69 Å². The van der Waals surface area contributed by atoms with Crippen LogP contribution in [0.4, 0.5) is 5.69 Å². The molecule has 1 aromatic carbocycles. The van der Waals surface area contributed by atoms with Crippen LogP contribution in [-0.2, 0) is 0 Å². The van der Waals surface area contributed by atoms with Gasteiger partial charge in [-0.3, -0.25) is 0 Å². The number of hydrogen-bond donors (Lipinski definition) is 2. The Labute approximate surface area is 112 Å². The summed E-state index contributed by atoms with van der Waals surface area (Å²) >= 11 is 3.28. The van der Waals surface area contributed by atoms with Crippen molar-refractivity contribution in [2.45, 2.75) is 6.92 Å². The zero-order valence-electron chi connectivity index (χ0n) is 9.32. The van der Waals surface area contributed by atoms with Gasteiger partial charge in [0, 0.05) is 4.47 Å². The molecule has 0 unspecified atom stereocenters. The average molecular weight is 303 g/mol. The van der Waals surface area contributed by atoms with Crippen molar-refractivity contribution in [2.24, 2.45) is 0 Å². The third kappa shape index (κ3) is 2.60. The molecule has 1 aromatic rings. The fourth-order valence-corrected chi connectivity index (χ4v) is 1.57. The molecular formula is C12H7BrN4O. The van der Waals surface area contributed by atoms with Gasteiger partial charge in [-0.2, -0.15) is 15.8 Å². The molecule has 0 aliphatic rings. The Kier molecular flexibility index (Phi) is 4.32. The van der Waals surface area contributed by atoms with Crippen LogP contribution in [0, 0.1) is 40.9 Å². The molecule has 18 heavy (non-hydrogen) atoms. The lowest BCUT2D eigenvalue weighted by Crippen LogP contribution is -2.02. The van der Waals surface area contributed by atoms with E-state index in [0.29, 0.717) is 5.56 Å². The van der Waals surface area contributed by atoms with Gasteiger partial charge >= 0.3 is 0 Å². The number of rotatable bonds is 2. The Morgan fingerprint density at radius 3 is 2.33 bits per heavy atom. The Balaban J connectivity index is 3.34. The van der Waals surface area contributed by atoms with E-state index >= 15 is 0 Å². The lowest BCUT2D eigenvalue weighted by Gasteiger charge is -2.11. The van der Waals surface area contributed by atoms with Crippen molar-refractivity contribution in [1.29, 1.82) is 15.8 Å². The Morgan fingerprint density at radius 2 is 1.83 bits per heavy atom. The van der Waals surface area contributed by atoms with Gasteiger partial charge in [0.1, 0.15) is 29.7 Å². The van der Waals surface area contributed by atoms with E-state index in [1.807, 2.05) is 0 Å². The Bertz CT molecular complexity index is 628. The smallest absolute Gasteiger partial charge is 0.163 e. The predicted molar refractivity (Wildman–Crippen MR) is 68.0 cm³/mol. The topological polar surface area (TPSA) is 104 Å². The molecule has 0 atom stereocenters. The molecule has 0 bridgehead atoms. The third-order valence-corrected chi connectivity index (χ3v) is 3.07. The van der Waals surface area contributed by atoms with Crippen LogP contribution in [0.25, 0.3) is 0 Å². The maximum Gasteiger partial charge on any atom is 0.163 e.